The van der Waals surface area contributed by atoms with Crippen LogP contribution in [0.15, 0.2) is 22.7 Å². The van der Waals surface area contributed by atoms with E-state index in [9.17, 15) is 0 Å². The number of halogens is 1. The van der Waals surface area contributed by atoms with Crippen LogP contribution in [0.4, 0.5) is 0 Å². The molecule has 0 N–H and O–H groups in total. The minimum atomic E-state index is 0.349. The molecule has 0 fully saturated rings. The van der Waals surface area contributed by atoms with Crippen LogP contribution in [0.25, 0.3) is 0 Å². The number of hydrogen-bond acceptors (Lipinski definition) is 0. The second-order valence-electron chi connectivity index (χ2n) is 6.00. The van der Waals surface area contributed by atoms with E-state index < -0.39 is 0 Å². The third kappa shape index (κ3) is 2.07. The van der Waals surface area contributed by atoms with Gasteiger partial charge in [0.2, 0.25) is 0 Å². The van der Waals surface area contributed by atoms with Crippen molar-refractivity contribution < 1.29 is 0 Å². The van der Waals surface area contributed by atoms with Crippen molar-refractivity contribution in [3.8, 4) is 0 Å². The Hall–Kier alpha value is -0.300. The molecular formula is C15H21Br. The molecule has 0 heterocycles. The molecular weight excluding hydrogens is 260 g/mol. The minimum absolute atomic E-state index is 0.349. The monoisotopic (exact) mass is 280 g/mol. The zero-order valence-corrected chi connectivity index (χ0v) is 12.3. The fourth-order valence-electron chi connectivity index (χ4n) is 2.96. The highest BCUT2D eigenvalue weighted by Gasteiger charge is 2.33. The first-order valence-corrected chi connectivity index (χ1v) is 7.01. The average Bonchev–Trinajstić information content (AvgIpc) is 2.16. The molecule has 1 atom stereocenters. The molecule has 0 aliphatic heterocycles. The van der Waals surface area contributed by atoms with Crippen molar-refractivity contribution in [2.24, 2.45) is 5.92 Å². The molecule has 2 rings (SSSR count). The lowest BCUT2D eigenvalue weighted by molar-refractivity contribution is 0.346. The second-order valence-corrected chi connectivity index (χ2v) is 6.92. The summed E-state index contributed by atoms with van der Waals surface area (Å²) in [5.74, 6) is 1.48. The molecule has 88 valence electrons. The van der Waals surface area contributed by atoms with Gasteiger partial charge in [-0.3, -0.25) is 0 Å². The Balaban J connectivity index is 2.54. The number of fused-ring (bicyclic) bond motifs is 1. The molecule has 0 saturated carbocycles. The molecule has 0 nitrogen and oxygen atoms in total. The first-order chi connectivity index (χ1) is 7.42. The van der Waals surface area contributed by atoms with E-state index >= 15 is 0 Å². The van der Waals surface area contributed by atoms with Gasteiger partial charge in [-0.05, 0) is 53.4 Å². The van der Waals surface area contributed by atoms with E-state index in [1.54, 1.807) is 11.1 Å². The van der Waals surface area contributed by atoms with E-state index in [1.807, 2.05) is 0 Å². The van der Waals surface area contributed by atoms with Crippen molar-refractivity contribution in [3.63, 3.8) is 0 Å². The maximum absolute atomic E-state index is 3.60. The molecule has 0 aromatic heterocycles. The highest BCUT2D eigenvalue weighted by atomic mass is 79.9. The van der Waals surface area contributed by atoms with E-state index in [-0.39, 0.29) is 0 Å². The second kappa shape index (κ2) is 4.18. The minimum Gasteiger partial charge on any atom is -0.0622 e. The van der Waals surface area contributed by atoms with Gasteiger partial charge in [0, 0.05) is 4.47 Å². The zero-order chi connectivity index (χ0) is 11.9. The van der Waals surface area contributed by atoms with Gasteiger partial charge in [-0.25, -0.2) is 0 Å². The van der Waals surface area contributed by atoms with E-state index in [4.69, 9.17) is 0 Å². The molecule has 1 unspecified atom stereocenters. The summed E-state index contributed by atoms with van der Waals surface area (Å²) < 4.78 is 1.22. The molecule has 1 aliphatic rings. The van der Waals surface area contributed by atoms with Gasteiger partial charge in [0.1, 0.15) is 0 Å². The van der Waals surface area contributed by atoms with E-state index in [1.165, 1.54) is 17.3 Å². The third-order valence-electron chi connectivity index (χ3n) is 4.03. The standard InChI is InChI=1S/C15H21Br/c1-10(2)12-7-8-15(3,4)14-6-5-11(16)9-13(12)14/h5-6,9-10,12H,7-8H2,1-4H3. The lowest BCUT2D eigenvalue weighted by Crippen LogP contribution is -2.28. The van der Waals surface area contributed by atoms with Crippen molar-refractivity contribution in [1.29, 1.82) is 0 Å². The van der Waals surface area contributed by atoms with Gasteiger partial charge >= 0.3 is 0 Å². The molecule has 1 aromatic carbocycles. The number of hydrogen-bond donors (Lipinski definition) is 0. The van der Waals surface area contributed by atoms with Crippen molar-refractivity contribution in [2.45, 2.75) is 51.9 Å². The van der Waals surface area contributed by atoms with Crippen molar-refractivity contribution in [1.82, 2.24) is 0 Å². The number of benzene rings is 1. The Morgan fingerprint density at radius 2 is 2.00 bits per heavy atom. The average molecular weight is 281 g/mol. The largest absolute Gasteiger partial charge is 0.0622 e. The topological polar surface area (TPSA) is 0 Å². The Morgan fingerprint density at radius 3 is 2.62 bits per heavy atom. The summed E-state index contributed by atoms with van der Waals surface area (Å²) in [6, 6.07) is 6.83. The molecule has 0 radical (unpaired) electrons. The SMILES string of the molecule is CC(C)C1CCC(C)(C)c2ccc(Br)cc21. The summed E-state index contributed by atoms with van der Waals surface area (Å²) in [6.07, 6.45) is 2.64. The molecule has 16 heavy (non-hydrogen) atoms. The summed E-state index contributed by atoms with van der Waals surface area (Å²) in [4.78, 5) is 0. The lowest BCUT2D eigenvalue weighted by Gasteiger charge is -2.39. The Bertz CT molecular complexity index is 390. The van der Waals surface area contributed by atoms with Crippen LogP contribution in [0, 0.1) is 5.92 Å². The molecule has 1 heteroatoms. The maximum atomic E-state index is 3.60. The quantitative estimate of drug-likeness (QED) is 0.658. The van der Waals surface area contributed by atoms with E-state index in [0.29, 0.717) is 5.41 Å². The molecule has 1 aliphatic carbocycles. The van der Waals surface area contributed by atoms with Crippen molar-refractivity contribution in [3.05, 3.63) is 33.8 Å². The van der Waals surface area contributed by atoms with Gasteiger partial charge in [-0.1, -0.05) is 49.7 Å². The lowest BCUT2D eigenvalue weighted by atomic mass is 9.66. The first-order valence-electron chi connectivity index (χ1n) is 6.22. The van der Waals surface area contributed by atoms with Gasteiger partial charge in [0.15, 0.2) is 0 Å². The third-order valence-corrected chi connectivity index (χ3v) is 4.52. The van der Waals surface area contributed by atoms with Gasteiger partial charge < -0.3 is 0 Å². The predicted molar refractivity (Wildman–Crippen MR) is 74.0 cm³/mol. The van der Waals surface area contributed by atoms with E-state index in [2.05, 4.69) is 61.8 Å². The Morgan fingerprint density at radius 1 is 1.31 bits per heavy atom. The van der Waals surface area contributed by atoms with E-state index in [0.717, 1.165) is 11.8 Å². The van der Waals surface area contributed by atoms with Crippen LogP contribution in [0.1, 0.15) is 57.6 Å². The van der Waals surface area contributed by atoms with Crippen LogP contribution in [0.3, 0.4) is 0 Å². The summed E-state index contributed by atoms with van der Waals surface area (Å²) in [5, 5.41) is 0. The molecule has 1 aromatic rings. The smallest absolute Gasteiger partial charge is 0.0178 e. The normalized spacial score (nSPS) is 23.2. The highest BCUT2D eigenvalue weighted by molar-refractivity contribution is 9.10. The molecule has 0 bridgehead atoms. The maximum Gasteiger partial charge on any atom is 0.0178 e. The number of rotatable bonds is 1. The summed E-state index contributed by atoms with van der Waals surface area (Å²) in [5.41, 5.74) is 3.47. The summed E-state index contributed by atoms with van der Waals surface area (Å²) >= 11 is 3.60. The van der Waals surface area contributed by atoms with Crippen molar-refractivity contribution in [2.75, 3.05) is 0 Å². The van der Waals surface area contributed by atoms with Crippen LogP contribution in [0.2, 0.25) is 0 Å². The van der Waals surface area contributed by atoms with Gasteiger partial charge in [-0.2, -0.15) is 0 Å². The van der Waals surface area contributed by atoms with Gasteiger partial charge in [0.05, 0.1) is 0 Å². The predicted octanol–water partition coefficient (Wildman–Crippen LogP) is 5.26. The highest BCUT2D eigenvalue weighted by Crippen LogP contribution is 2.45. The molecule has 0 saturated heterocycles. The van der Waals surface area contributed by atoms with Crippen LogP contribution in [-0.2, 0) is 5.41 Å². The summed E-state index contributed by atoms with van der Waals surface area (Å²) in [7, 11) is 0. The molecule has 0 amide bonds. The molecule has 0 spiro atoms. The fourth-order valence-corrected chi connectivity index (χ4v) is 3.33. The van der Waals surface area contributed by atoms with Gasteiger partial charge in [-0.15, -0.1) is 0 Å². The van der Waals surface area contributed by atoms with Crippen LogP contribution in [0.5, 0.6) is 0 Å². The van der Waals surface area contributed by atoms with Crippen LogP contribution >= 0.6 is 15.9 Å². The fraction of sp³-hybridized carbons (Fsp3) is 0.600. The zero-order valence-electron chi connectivity index (χ0n) is 10.7. The Kier molecular flexibility index (Phi) is 3.18. The van der Waals surface area contributed by atoms with Crippen LogP contribution < -0.4 is 0 Å². The summed E-state index contributed by atoms with van der Waals surface area (Å²) in [6.45, 7) is 9.42. The van der Waals surface area contributed by atoms with Gasteiger partial charge in [0.25, 0.3) is 0 Å². The first kappa shape index (κ1) is 12.2. The van der Waals surface area contributed by atoms with Crippen LogP contribution in [-0.4, -0.2) is 0 Å². The Labute approximate surface area is 108 Å². The van der Waals surface area contributed by atoms with Crippen molar-refractivity contribution >= 4 is 15.9 Å².